The second-order valence-corrected chi connectivity index (χ2v) is 9.18. The van der Waals surface area contributed by atoms with Crippen molar-refractivity contribution in [2.24, 2.45) is 0 Å². The van der Waals surface area contributed by atoms with Gasteiger partial charge in [0.05, 0.1) is 10.6 Å². The van der Waals surface area contributed by atoms with Gasteiger partial charge in [0, 0.05) is 21.9 Å². The van der Waals surface area contributed by atoms with Gasteiger partial charge < -0.3 is 10.6 Å². The second-order valence-electron chi connectivity index (χ2n) is 5.99. The molecular formula is C19H20BrClN4O2S. The van der Waals surface area contributed by atoms with E-state index in [-0.39, 0.29) is 23.1 Å². The van der Waals surface area contributed by atoms with Crippen molar-refractivity contribution in [3.63, 3.8) is 0 Å². The van der Waals surface area contributed by atoms with Gasteiger partial charge in [-0.05, 0) is 48.9 Å². The number of halogens is 2. The van der Waals surface area contributed by atoms with Crippen molar-refractivity contribution in [3.05, 3.63) is 64.9 Å². The minimum Gasteiger partial charge on any atom is -0.340 e. The number of hydrogen-bond donors (Lipinski definition) is 2. The maximum Gasteiger partial charge on any atom is 0.178 e. The zero-order valence-corrected chi connectivity index (χ0v) is 18.5. The molecule has 0 atom stereocenters. The number of aryl methyl sites for hydroxylation is 1. The van der Waals surface area contributed by atoms with Crippen LogP contribution >= 0.6 is 28.3 Å². The van der Waals surface area contributed by atoms with Crippen molar-refractivity contribution in [1.82, 2.24) is 9.97 Å². The molecule has 148 valence electrons. The van der Waals surface area contributed by atoms with E-state index < -0.39 is 9.84 Å². The van der Waals surface area contributed by atoms with Crippen molar-refractivity contribution in [3.8, 4) is 0 Å². The summed E-state index contributed by atoms with van der Waals surface area (Å²) in [5.41, 5.74) is 2.67. The van der Waals surface area contributed by atoms with Crippen LogP contribution in [0.25, 0.3) is 0 Å². The predicted molar refractivity (Wildman–Crippen MR) is 119 cm³/mol. The average Bonchev–Trinajstić information content (AvgIpc) is 2.61. The highest BCUT2D eigenvalue weighted by Crippen LogP contribution is 2.24. The Hall–Kier alpha value is -2.16. The molecule has 6 nitrogen and oxygen atoms in total. The molecule has 3 aromatic rings. The molecule has 0 aliphatic heterocycles. The zero-order chi connectivity index (χ0) is 19.4. The SMILES string of the molecule is CCS(=O)(=O)c1cccc(Nc2cc(Nc3cc(C)cc(Br)c3)ncn2)c1.Cl. The highest BCUT2D eigenvalue weighted by molar-refractivity contribution is 9.10. The lowest BCUT2D eigenvalue weighted by Crippen LogP contribution is -2.04. The van der Waals surface area contributed by atoms with Crippen LogP contribution in [-0.4, -0.2) is 24.1 Å². The van der Waals surface area contributed by atoms with Crippen LogP contribution < -0.4 is 10.6 Å². The highest BCUT2D eigenvalue weighted by atomic mass is 79.9. The summed E-state index contributed by atoms with van der Waals surface area (Å²) in [6, 6.07) is 14.4. The summed E-state index contributed by atoms with van der Waals surface area (Å²) >= 11 is 3.48. The smallest absolute Gasteiger partial charge is 0.178 e. The molecule has 0 saturated heterocycles. The maximum absolute atomic E-state index is 12.1. The molecule has 3 rings (SSSR count). The van der Waals surface area contributed by atoms with E-state index >= 15 is 0 Å². The Morgan fingerprint density at radius 3 is 2.29 bits per heavy atom. The van der Waals surface area contributed by atoms with Crippen molar-refractivity contribution in [2.45, 2.75) is 18.7 Å². The molecule has 1 heterocycles. The number of sulfone groups is 1. The van der Waals surface area contributed by atoms with Gasteiger partial charge in [0.2, 0.25) is 0 Å². The Bertz CT molecular complexity index is 1060. The first-order valence-corrected chi connectivity index (χ1v) is 10.8. The van der Waals surface area contributed by atoms with Crippen LogP contribution in [-0.2, 0) is 9.84 Å². The quantitative estimate of drug-likeness (QED) is 0.498. The standard InChI is InChI=1S/C19H19BrN4O2S.ClH/c1-3-27(25,26)17-6-4-5-15(10-17)23-18-11-19(22-12-21-18)24-16-8-13(2)7-14(20)9-16;/h4-12H,3H2,1-2H3,(H2,21,22,23,24);1H. The molecular weight excluding hydrogens is 464 g/mol. The number of anilines is 4. The molecule has 2 aromatic carbocycles. The molecule has 0 amide bonds. The summed E-state index contributed by atoms with van der Waals surface area (Å²) < 4.78 is 25.1. The molecule has 28 heavy (non-hydrogen) atoms. The number of nitrogens with one attached hydrogen (secondary N) is 2. The van der Waals surface area contributed by atoms with Gasteiger partial charge in [-0.2, -0.15) is 0 Å². The molecule has 0 radical (unpaired) electrons. The molecule has 1 aromatic heterocycles. The summed E-state index contributed by atoms with van der Waals surface area (Å²) in [6.45, 7) is 3.64. The third-order valence-corrected chi connectivity index (χ3v) is 6.02. The van der Waals surface area contributed by atoms with E-state index in [4.69, 9.17) is 0 Å². The van der Waals surface area contributed by atoms with Crippen molar-refractivity contribution in [1.29, 1.82) is 0 Å². The van der Waals surface area contributed by atoms with Crippen LogP contribution in [0.4, 0.5) is 23.0 Å². The average molecular weight is 484 g/mol. The normalized spacial score (nSPS) is 10.8. The van der Waals surface area contributed by atoms with E-state index in [0.29, 0.717) is 17.3 Å². The van der Waals surface area contributed by atoms with Crippen molar-refractivity contribution >= 4 is 61.2 Å². The van der Waals surface area contributed by atoms with Crippen LogP contribution in [0, 0.1) is 6.92 Å². The lowest BCUT2D eigenvalue weighted by atomic mass is 10.2. The minimum atomic E-state index is -3.26. The van der Waals surface area contributed by atoms with E-state index in [1.807, 2.05) is 25.1 Å². The van der Waals surface area contributed by atoms with E-state index in [0.717, 1.165) is 15.7 Å². The van der Waals surface area contributed by atoms with Gasteiger partial charge >= 0.3 is 0 Å². The summed E-state index contributed by atoms with van der Waals surface area (Å²) in [6.07, 6.45) is 1.45. The van der Waals surface area contributed by atoms with Crippen molar-refractivity contribution in [2.75, 3.05) is 16.4 Å². The molecule has 0 aliphatic carbocycles. The third kappa shape index (κ3) is 5.67. The lowest BCUT2D eigenvalue weighted by Gasteiger charge is -2.10. The van der Waals surface area contributed by atoms with Gasteiger partial charge in [-0.25, -0.2) is 18.4 Å². The topological polar surface area (TPSA) is 84.0 Å². The van der Waals surface area contributed by atoms with Gasteiger partial charge in [0.15, 0.2) is 9.84 Å². The number of hydrogen-bond acceptors (Lipinski definition) is 6. The Morgan fingerprint density at radius 2 is 1.64 bits per heavy atom. The van der Waals surface area contributed by atoms with E-state index in [1.165, 1.54) is 6.33 Å². The maximum atomic E-state index is 12.1. The van der Waals surface area contributed by atoms with Crippen LogP contribution in [0.3, 0.4) is 0 Å². The minimum absolute atomic E-state index is 0. The van der Waals surface area contributed by atoms with Crippen LogP contribution in [0.5, 0.6) is 0 Å². The Balaban J connectivity index is 0.00000280. The monoisotopic (exact) mass is 482 g/mol. The first-order chi connectivity index (χ1) is 12.9. The van der Waals surface area contributed by atoms with Gasteiger partial charge in [0.25, 0.3) is 0 Å². The predicted octanol–water partition coefficient (Wildman–Crippen LogP) is 5.25. The molecule has 0 fully saturated rings. The van der Waals surface area contributed by atoms with Gasteiger partial charge in [-0.15, -0.1) is 12.4 Å². The van der Waals surface area contributed by atoms with Crippen LogP contribution in [0.1, 0.15) is 12.5 Å². The molecule has 0 spiro atoms. The fraction of sp³-hybridized carbons (Fsp3) is 0.158. The van der Waals surface area contributed by atoms with Gasteiger partial charge in [-0.3, -0.25) is 0 Å². The second kappa shape index (κ2) is 9.36. The third-order valence-electron chi connectivity index (χ3n) is 3.83. The molecule has 0 aliphatic rings. The largest absolute Gasteiger partial charge is 0.340 e. The van der Waals surface area contributed by atoms with E-state index in [2.05, 4.69) is 36.5 Å². The van der Waals surface area contributed by atoms with Gasteiger partial charge in [0.1, 0.15) is 18.0 Å². The lowest BCUT2D eigenvalue weighted by molar-refractivity contribution is 0.597. The Kier molecular flexibility index (Phi) is 7.40. The molecule has 2 N–H and O–H groups in total. The fourth-order valence-corrected chi connectivity index (χ4v) is 4.07. The van der Waals surface area contributed by atoms with E-state index in [1.54, 1.807) is 37.3 Å². The summed E-state index contributed by atoms with van der Waals surface area (Å²) in [4.78, 5) is 8.72. The first kappa shape index (κ1) is 22.1. The first-order valence-electron chi connectivity index (χ1n) is 8.32. The fourth-order valence-electron chi connectivity index (χ4n) is 2.53. The van der Waals surface area contributed by atoms with E-state index in [9.17, 15) is 8.42 Å². The number of rotatable bonds is 6. The summed E-state index contributed by atoms with van der Waals surface area (Å²) in [5.74, 6) is 1.25. The van der Waals surface area contributed by atoms with Crippen molar-refractivity contribution < 1.29 is 8.42 Å². The Morgan fingerprint density at radius 1 is 0.964 bits per heavy atom. The molecule has 0 saturated carbocycles. The summed E-state index contributed by atoms with van der Waals surface area (Å²) in [5, 5.41) is 6.36. The highest BCUT2D eigenvalue weighted by Gasteiger charge is 2.12. The number of nitrogens with zero attached hydrogens (tertiary/aromatic N) is 2. The zero-order valence-electron chi connectivity index (χ0n) is 15.3. The molecule has 9 heteroatoms. The van der Waals surface area contributed by atoms with Crippen LogP contribution in [0.2, 0.25) is 0 Å². The summed E-state index contributed by atoms with van der Waals surface area (Å²) in [7, 11) is -3.26. The number of aromatic nitrogens is 2. The Labute approximate surface area is 179 Å². The molecule has 0 unspecified atom stereocenters. The molecule has 0 bridgehead atoms. The van der Waals surface area contributed by atoms with Gasteiger partial charge in [-0.1, -0.05) is 28.9 Å². The number of benzene rings is 2. The van der Waals surface area contributed by atoms with Crippen LogP contribution in [0.15, 0.2) is 64.2 Å².